The molecule has 2 fully saturated rings. The third-order valence-corrected chi connectivity index (χ3v) is 10.2. The second kappa shape index (κ2) is 19.1. The number of oxime groups is 1. The summed E-state index contributed by atoms with van der Waals surface area (Å²) >= 11 is 0. The van der Waals surface area contributed by atoms with Crippen LogP contribution >= 0.6 is 0 Å². The molecule has 1 aromatic heterocycles. The van der Waals surface area contributed by atoms with Gasteiger partial charge in [-0.25, -0.2) is 14.3 Å². The van der Waals surface area contributed by atoms with Gasteiger partial charge in [0.05, 0.1) is 35.5 Å². The van der Waals surface area contributed by atoms with Crippen molar-refractivity contribution in [2.45, 2.75) is 228 Å². The van der Waals surface area contributed by atoms with E-state index in [0.29, 0.717) is 6.54 Å². The standard InChI is InChI=1S/C12H22O2.C11H21NO2.C11H19NO2.C11H21NO.C2H6/c1-11(2,3)8-7-9(12(4,5)6)14-10(8)13;1-10(2,3)8-7-12(9(13)14-8)11(4,5)6;1-10(2,3)8-7-12(11(4,5)6)14-9(8)13;1-10(2,3)8-7-9(13-12-8)11(4,5)6;1-2/h8-9H,7H2,1-6H3;8H,7H2,1-6H3;7H,1-6H3;9H,7H2,1-6H3;1-2H3. The van der Waals surface area contributed by atoms with Crippen LogP contribution in [0.25, 0.3) is 0 Å². The van der Waals surface area contributed by atoms with Gasteiger partial charge >= 0.3 is 17.7 Å². The molecule has 57 heavy (non-hydrogen) atoms. The quantitative estimate of drug-likeness (QED) is 0.240. The average Bonchev–Trinajstić information content (AvgIpc) is 3.77. The predicted octanol–water partition coefficient (Wildman–Crippen LogP) is 12.4. The number of nitrogens with zero attached hydrogens (tertiary/aromatic N) is 3. The number of carbonyl (C=O) groups excluding carboxylic acids is 2. The molecule has 0 N–H and O–H groups in total. The molecule has 10 nitrogen and oxygen atoms in total. The molecule has 10 heteroatoms. The molecule has 0 bridgehead atoms. The van der Waals surface area contributed by atoms with E-state index in [1.807, 2.05) is 82.4 Å². The zero-order valence-corrected chi connectivity index (χ0v) is 41.7. The van der Waals surface area contributed by atoms with E-state index in [2.05, 4.69) is 109 Å². The van der Waals surface area contributed by atoms with E-state index in [9.17, 15) is 14.4 Å². The maximum absolute atomic E-state index is 11.7. The number of esters is 1. The largest absolute Gasteiger partial charge is 0.462 e. The van der Waals surface area contributed by atoms with Crippen molar-refractivity contribution in [2.75, 3.05) is 6.54 Å². The molecule has 0 aromatic carbocycles. The van der Waals surface area contributed by atoms with Crippen LogP contribution in [0.15, 0.2) is 20.7 Å². The highest BCUT2D eigenvalue weighted by molar-refractivity contribution is 5.90. The van der Waals surface area contributed by atoms with Crippen molar-refractivity contribution in [1.29, 1.82) is 0 Å². The molecule has 1 amide bonds. The molecule has 4 atom stereocenters. The molecule has 1 aromatic rings. The molecule has 4 unspecified atom stereocenters. The van der Waals surface area contributed by atoms with E-state index >= 15 is 0 Å². The summed E-state index contributed by atoms with van der Waals surface area (Å²) in [6.07, 6.45) is 3.81. The molecule has 0 radical (unpaired) electrons. The van der Waals surface area contributed by atoms with Crippen molar-refractivity contribution < 1.29 is 28.4 Å². The fourth-order valence-electron chi connectivity index (χ4n) is 5.73. The van der Waals surface area contributed by atoms with Crippen molar-refractivity contribution >= 4 is 17.8 Å². The Kier molecular flexibility index (Phi) is 18.1. The Morgan fingerprint density at radius 3 is 1.25 bits per heavy atom. The summed E-state index contributed by atoms with van der Waals surface area (Å²) in [5.41, 5.74) is 1.67. The number of carbonyl (C=O) groups is 2. The maximum atomic E-state index is 11.7. The number of amides is 1. The number of hydrogen-bond donors (Lipinski definition) is 0. The Labute approximate surface area is 349 Å². The highest BCUT2D eigenvalue weighted by Gasteiger charge is 2.46. The molecule has 334 valence electrons. The van der Waals surface area contributed by atoms with Crippen LogP contribution in [0.3, 0.4) is 0 Å². The number of aromatic nitrogens is 1. The van der Waals surface area contributed by atoms with Crippen LogP contribution in [-0.4, -0.2) is 57.8 Å². The fourth-order valence-corrected chi connectivity index (χ4v) is 5.73. The molecule has 3 aliphatic heterocycles. The van der Waals surface area contributed by atoms with E-state index in [-0.39, 0.29) is 85.5 Å². The lowest BCUT2D eigenvalue weighted by Gasteiger charge is -2.30. The molecular weight excluding hydrogens is 719 g/mol. The molecule has 3 aliphatic rings. The van der Waals surface area contributed by atoms with Gasteiger partial charge in [-0.2, -0.15) is 0 Å². The van der Waals surface area contributed by atoms with Gasteiger partial charge in [-0.3, -0.25) is 9.69 Å². The number of ether oxygens (including phenoxy) is 2. The highest BCUT2D eigenvalue weighted by Crippen LogP contribution is 2.41. The molecule has 0 aliphatic carbocycles. The van der Waals surface area contributed by atoms with Crippen molar-refractivity contribution in [3.8, 4) is 0 Å². The minimum atomic E-state index is -0.229. The van der Waals surface area contributed by atoms with Crippen molar-refractivity contribution in [3.05, 3.63) is 22.2 Å². The average molecular weight is 808 g/mol. The first-order valence-electron chi connectivity index (χ1n) is 21.2. The van der Waals surface area contributed by atoms with Gasteiger partial charge in [-0.15, -0.1) is 0 Å². The minimum absolute atomic E-state index is 0.00854. The van der Waals surface area contributed by atoms with Gasteiger partial charge in [0, 0.05) is 28.2 Å². The van der Waals surface area contributed by atoms with Gasteiger partial charge < -0.3 is 18.8 Å². The summed E-state index contributed by atoms with van der Waals surface area (Å²) in [4.78, 5) is 42.0. The molecule has 4 rings (SSSR count). The molecule has 0 spiro atoms. The van der Waals surface area contributed by atoms with Crippen LogP contribution in [0.2, 0.25) is 0 Å². The van der Waals surface area contributed by atoms with E-state index in [4.69, 9.17) is 18.8 Å². The van der Waals surface area contributed by atoms with Crippen LogP contribution in [-0.2, 0) is 30.1 Å². The second-order valence-corrected chi connectivity index (χ2v) is 24.1. The Morgan fingerprint density at radius 1 is 0.579 bits per heavy atom. The topological polar surface area (TPSA) is 113 Å². The van der Waals surface area contributed by atoms with Crippen molar-refractivity contribution in [2.24, 2.45) is 38.1 Å². The number of hydrogen-bond acceptors (Lipinski definition) is 8. The highest BCUT2D eigenvalue weighted by atomic mass is 16.6. The van der Waals surface area contributed by atoms with Crippen molar-refractivity contribution in [1.82, 2.24) is 9.64 Å². The number of rotatable bonds is 0. The van der Waals surface area contributed by atoms with E-state index < -0.39 is 0 Å². The maximum Gasteiger partial charge on any atom is 0.410 e. The zero-order chi connectivity index (χ0) is 45.7. The summed E-state index contributed by atoms with van der Waals surface area (Å²) in [5, 5.41) is 4.17. The van der Waals surface area contributed by atoms with Gasteiger partial charge in [0.1, 0.15) is 18.3 Å². The number of cyclic esters (lactones) is 2. The minimum Gasteiger partial charge on any atom is -0.462 e. The van der Waals surface area contributed by atoms with Gasteiger partial charge in [-0.1, -0.05) is 144 Å². The van der Waals surface area contributed by atoms with Gasteiger partial charge in [0.15, 0.2) is 0 Å². The third-order valence-electron chi connectivity index (χ3n) is 10.2. The first kappa shape index (κ1) is 54.2. The summed E-state index contributed by atoms with van der Waals surface area (Å²) in [6.45, 7) is 54.9. The van der Waals surface area contributed by atoms with Crippen LogP contribution < -0.4 is 5.63 Å². The summed E-state index contributed by atoms with van der Waals surface area (Å²) in [6, 6.07) is 0. The van der Waals surface area contributed by atoms with Crippen LogP contribution in [0.4, 0.5) is 4.79 Å². The van der Waals surface area contributed by atoms with Crippen LogP contribution in [0.5, 0.6) is 0 Å². The SMILES string of the molecule is CC.CC(C)(C)C1=NOC(C(C)(C)C)C1.CC(C)(C)C1CC(C(C)(C)C)C(=O)O1.CC(C)(C)C1CN(C(C)(C)C)C(=O)O1.CC(C)(C)c1cn(C(C)(C)C)oc1=O. The fraction of sp³-hybridized carbons (Fsp3) is 0.872. The lowest BCUT2D eigenvalue weighted by atomic mass is 9.76. The third kappa shape index (κ3) is 17.2. The Morgan fingerprint density at radius 2 is 1.04 bits per heavy atom. The smallest absolute Gasteiger partial charge is 0.410 e. The molecule has 0 saturated carbocycles. The van der Waals surface area contributed by atoms with E-state index in [1.54, 1.807) is 9.64 Å². The van der Waals surface area contributed by atoms with Gasteiger partial charge in [0.2, 0.25) is 0 Å². The van der Waals surface area contributed by atoms with Gasteiger partial charge in [0.25, 0.3) is 0 Å². The molecular formula is C47H89N3O7. The predicted molar refractivity (Wildman–Crippen MR) is 237 cm³/mol. The van der Waals surface area contributed by atoms with Crippen LogP contribution in [0, 0.1) is 33.0 Å². The Balaban J connectivity index is 0.000000723. The summed E-state index contributed by atoms with van der Waals surface area (Å²) in [5.74, 6) is 0.0455. The molecule has 2 saturated heterocycles. The van der Waals surface area contributed by atoms with Gasteiger partial charge in [-0.05, 0) is 64.2 Å². The first-order chi connectivity index (χ1) is 25.1. The zero-order valence-electron chi connectivity index (χ0n) is 41.7. The lowest BCUT2D eigenvalue weighted by Crippen LogP contribution is -2.43. The Bertz CT molecular complexity index is 1460. The second-order valence-electron chi connectivity index (χ2n) is 24.1. The first-order valence-corrected chi connectivity index (χ1v) is 21.2. The monoisotopic (exact) mass is 808 g/mol. The summed E-state index contributed by atoms with van der Waals surface area (Å²) in [7, 11) is 0. The van der Waals surface area contributed by atoms with Crippen LogP contribution in [0.1, 0.15) is 198 Å². The lowest BCUT2D eigenvalue weighted by molar-refractivity contribution is -0.149. The Hall–Kier alpha value is -2.78. The normalized spacial score (nSPS) is 21.9. The van der Waals surface area contributed by atoms with E-state index in [0.717, 1.165) is 18.4 Å². The van der Waals surface area contributed by atoms with E-state index in [1.165, 1.54) is 5.71 Å². The van der Waals surface area contributed by atoms with Crippen molar-refractivity contribution in [3.63, 3.8) is 0 Å². The molecule has 4 heterocycles. The summed E-state index contributed by atoms with van der Waals surface area (Å²) < 4.78 is 17.6.